The molecule has 7 heteroatoms. The van der Waals surface area contributed by atoms with Gasteiger partial charge in [-0.1, -0.05) is 6.92 Å². The first kappa shape index (κ1) is 19.7. The highest BCUT2D eigenvalue weighted by Crippen LogP contribution is 2.47. The zero-order chi connectivity index (χ0) is 20.0. The largest absolute Gasteiger partial charge is 0.372 e. The van der Waals surface area contributed by atoms with Crippen LogP contribution in [0.3, 0.4) is 0 Å². The van der Waals surface area contributed by atoms with Gasteiger partial charge in [0.05, 0.1) is 35.6 Å². The minimum Gasteiger partial charge on any atom is -0.372 e. The van der Waals surface area contributed by atoms with Crippen LogP contribution in [-0.2, 0) is 9.47 Å². The highest BCUT2D eigenvalue weighted by Gasteiger charge is 2.47. The number of hydrogen-bond acceptors (Lipinski definition) is 7. The fraction of sp³-hybridized carbons (Fsp3) is 0.818. The van der Waals surface area contributed by atoms with E-state index in [9.17, 15) is 0 Å². The second-order valence-corrected chi connectivity index (χ2v) is 9.59. The van der Waals surface area contributed by atoms with Gasteiger partial charge < -0.3 is 14.4 Å². The summed E-state index contributed by atoms with van der Waals surface area (Å²) in [5.41, 5.74) is 8.35. The lowest BCUT2D eigenvalue weighted by atomic mass is 9.79. The average Bonchev–Trinajstić information content (AvgIpc) is 3.36. The molecule has 5 rings (SSSR count). The molecule has 160 valence electrons. The molecule has 3 heterocycles. The number of anilines is 1. The molecular formula is C22H35N5O2. The minimum absolute atomic E-state index is 0.193. The molecule has 1 aromatic heterocycles. The number of nitrogens with zero attached hydrogens (tertiary/aromatic N) is 3. The number of hydrazine groups is 1. The van der Waals surface area contributed by atoms with Crippen LogP contribution in [0.5, 0.6) is 0 Å². The molecular weight excluding hydrogens is 366 g/mol. The molecule has 2 saturated heterocycles. The van der Waals surface area contributed by atoms with Gasteiger partial charge in [0.15, 0.2) is 0 Å². The van der Waals surface area contributed by atoms with Crippen LogP contribution in [0, 0.1) is 5.92 Å². The van der Waals surface area contributed by atoms with Crippen LogP contribution in [0.25, 0.3) is 0 Å². The Morgan fingerprint density at radius 1 is 1.17 bits per heavy atom. The lowest BCUT2D eigenvalue weighted by molar-refractivity contribution is -0.0603. The summed E-state index contributed by atoms with van der Waals surface area (Å²) in [7, 11) is 0. The van der Waals surface area contributed by atoms with Crippen molar-refractivity contribution in [2.24, 2.45) is 5.92 Å². The summed E-state index contributed by atoms with van der Waals surface area (Å²) in [5, 5.41) is 0. The zero-order valence-electron chi connectivity index (χ0n) is 17.9. The standard InChI is InChI=1S/C22H35N5O2/c1-4-22(7-8-22)29-16-5-6-18-17(9-16)21(26-25-18)19-10-20(24-13-23-19)27-11-14(2)28-15(3)12-27/h10,13-18,21,25-26H,4-9,11-12H2,1-3H3/t14-,15+,16?,17?,18?,21?. The third-order valence-corrected chi connectivity index (χ3v) is 7.31. The lowest BCUT2D eigenvalue weighted by Crippen LogP contribution is -2.46. The lowest BCUT2D eigenvalue weighted by Gasteiger charge is -2.36. The topological polar surface area (TPSA) is 71.5 Å². The SMILES string of the molecule is CCC1(OC2CCC3NNC(c4cc(N5C[C@@H](C)O[C@@H](C)C5)ncn4)C3C2)CC1. The Labute approximate surface area is 173 Å². The predicted molar refractivity (Wildman–Crippen MR) is 112 cm³/mol. The van der Waals surface area contributed by atoms with Crippen LogP contribution >= 0.6 is 0 Å². The Bertz CT molecular complexity index is 717. The number of ether oxygens (including phenoxy) is 2. The number of aromatic nitrogens is 2. The first-order valence-corrected chi connectivity index (χ1v) is 11.5. The predicted octanol–water partition coefficient (Wildman–Crippen LogP) is 2.74. The molecule has 0 aromatic carbocycles. The van der Waals surface area contributed by atoms with E-state index in [0.29, 0.717) is 18.1 Å². The van der Waals surface area contributed by atoms with E-state index in [-0.39, 0.29) is 23.9 Å². The zero-order valence-corrected chi connectivity index (χ0v) is 17.9. The van der Waals surface area contributed by atoms with Crippen molar-refractivity contribution in [2.45, 2.75) is 95.3 Å². The quantitative estimate of drug-likeness (QED) is 0.786. The molecule has 7 nitrogen and oxygen atoms in total. The van der Waals surface area contributed by atoms with E-state index in [2.05, 4.69) is 52.6 Å². The van der Waals surface area contributed by atoms with Crippen LogP contribution in [0.1, 0.15) is 71.0 Å². The average molecular weight is 402 g/mol. The Balaban J connectivity index is 1.30. The van der Waals surface area contributed by atoms with E-state index >= 15 is 0 Å². The summed E-state index contributed by atoms with van der Waals surface area (Å²) in [6.45, 7) is 8.26. The van der Waals surface area contributed by atoms with E-state index in [4.69, 9.17) is 9.47 Å². The first-order chi connectivity index (χ1) is 14.0. The van der Waals surface area contributed by atoms with Gasteiger partial charge in [0.2, 0.25) is 0 Å². The summed E-state index contributed by atoms with van der Waals surface area (Å²) in [6.07, 6.45) is 9.57. The minimum atomic E-state index is 0.193. The molecule has 0 bridgehead atoms. The molecule has 4 aliphatic rings. The molecule has 4 fully saturated rings. The maximum atomic E-state index is 6.56. The van der Waals surface area contributed by atoms with Gasteiger partial charge in [-0.3, -0.25) is 5.43 Å². The Hall–Kier alpha value is -1.28. The van der Waals surface area contributed by atoms with Crippen molar-refractivity contribution in [2.75, 3.05) is 18.0 Å². The van der Waals surface area contributed by atoms with Crippen LogP contribution in [0.4, 0.5) is 5.82 Å². The number of nitrogens with one attached hydrogen (secondary N) is 2. The van der Waals surface area contributed by atoms with Gasteiger partial charge in [-0.05, 0) is 52.4 Å². The molecule has 6 atom stereocenters. The van der Waals surface area contributed by atoms with Gasteiger partial charge >= 0.3 is 0 Å². The van der Waals surface area contributed by atoms with E-state index in [1.54, 1.807) is 6.33 Å². The van der Waals surface area contributed by atoms with E-state index < -0.39 is 0 Å². The first-order valence-electron chi connectivity index (χ1n) is 11.5. The van der Waals surface area contributed by atoms with Crippen LogP contribution in [-0.4, -0.2) is 53.0 Å². The Morgan fingerprint density at radius 3 is 2.69 bits per heavy atom. The van der Waals surface area contributed by atoms with Crippen molar-refractivity contribution in [1.29, 1.82) is 0 Å². The molecule has 0 amide bonds. The Morgan fingerprint density at radius 2 is 1.97 bits per heavy atom. The molecule has 2 saturated carbocycles. The van der Waals surface area contributed by atoms with E-state index in [0.717, 1.165) is 50.3 Å². The summed E-state index contributed by atoms with van der Waals surface area (Å²) < 4.78 is 12.4. The molecule has 1 aromatic rings. The summed E-state index contributed by atoms with van der Waals surface area (Å²) >= 11 is 0. The highest BCUT2D eigenvalue weighted by molar-refractivity contribution is 5.41. The van der Waals surface area contributed by atoms with Crippen molar-refractivity contribution in [3.8, 4) is 0 Å². The number of rotatable bonds is 5. The van der Waals surface area contributed by atoms with Gasteiger partial charge in [0.1, 0.15) is 12.1 Å². The fourth-order valence-corrected chi connectivity index (χ4v) is 5.53. The van der Waals surface area contributed by atoms with Gasteiger partial charge in [-0.15, -0.1) is 0 Å². The molecule has 0 radical (unpaired) electrons. The van der Waals surface area contributed by atoms with Crippen LogP contribution in [0.15, 0.2) is 12.4 Å². The van der Waals surface area contributed by atoms with Crippen LogP contribution in [0.2, 0.25) is 0 Å². The van der Waals surface area contributed by atoms with Crippen molar-refractivity contribution >= 4 is 5.82 Å². The summed E-state index contributed by atoms with van der Waals surface area (Å²) in [6, 6.07) is 2.88. The van der Waals surface area contributed by atoms with Crippen molar-refractivity contribution < 1.29 is 9.47 Å². The summed E-state index contributed by atoms with van der Waals surface area (Å²) in [4.78, 5) is 11.6. The molecule has 0 spiro atoms. The second kappa shape index (κ2) is 7.76. The number of fused-ring (bicyclic) bond motifs is 1. The molecule has 2 aliphatic heterocycles. The maximum Gasteiger partial charge on any atom is 0.132 e. The van der Waals surface area contributed by atoms with Crippen molar-refractivity contribution in [3.05, 3.63) is 18.1 Å². The monoisotopic (exact) mass is 401 g/mol. The second-order valence-electron chi connectivity index (χ2n) is 9.59. The molecule has 2 aliphatic carbocycles. The number of morpholine rings is 1. The van der Waals surface area contributed by atoms with Gasteiger partial charge in [-0.2, -0.15) is 0 Å². The Kier molecular flexibility index (Phi) is 5.26. The number of hydrogen-bond donors (Lipinski definition) is 2. The third kappa shape index (κ3) is 4.02. The van der Waals surface area contributed by atoms with E-state index in [1.807, 2.05) is 0 Å². The molecule has 29 heavy (non-hydrogen) atoms. The third-order valence-electron chi connectivity index (χ3n) is 7.31. The van der Waals surface area contributed by atoms with Gasteiger partial charge in [0.25, 0.3) is 0 Å². The smallest absolute Gasteiger partial charge is 0.132 e. The fourth-order valence-electron chi connectivity index (χ4n) is 5.53. The van der Waals surface area contributed by atoms with Gasteiger partial charge in [0, 0.05) is 31.1 Å². The van der Waals surface area contributed by atoms with Crippen molar-refractivity contribution in [1.82, 2.24) is 20.8 Å². The normalized spacial score (nSPS) is 38.7. The molecule has 4 unspecified atom stereocenters. The van der Waals surface area contributed by atoms with Crippen molar-refractivity contribution in [3.63, 3.8) is 0 Å². The summed E-state index contributed by atoms with van der Waals surface area (Å²) in [5.74, 6) is 1.51. The van der Waals surface area contributed by atoms with Gasteiger partial charge in [-0.25, -0.2) is 15.4 Å². The highest BCUT2D eigenvalue weighted by atomic mass is 16.5. The maximum absolute atomic E-state index is 6.56. The van der Waals surface area contributed by atoms with Crippen LogP contribution < -0.4 is 15.8 Å². The van der Waals surface area contributed by atoms with E-state index in [1.165, 1.54) is 12.8 Å². The molecule has 2 N–H and O–H groups in total.